The Morgan fingerprint density at radius 2 is 2.06 bits per heavy atom. The van der Waals surface area contributed by atoms with Gasteiger partial charge in [0.25, 0.3) is 0 Å². The predicted octanol–water partition coefficient (Wildman–Crippen LogP) is 1.92. The maximum atomic E-state index is 10.9. The van der Waals surface area contributed by atoms with Gasteiger partial charge in [-0.15, -0.1) is 0 Å². The lowest BCUT2D eigenvalue weighted by Crippen LogP contribution is -2.10. The Bertz CT molecular complexity index is 401. The lowest BCUT2D eigenvalue weighted by atomic mass is 10.2. The number of ether oxygens (including phenoxy) is 1. The van der Waals surface area contributed by atoms with Crippen LogP contribution in [0.1, 0.15) is 36.5 Å². The summed E-state index contributed by atoms with van der Waals surface area (Å²) in [6, 6.07) is 6.76. The van der Waals surface area contributed by atoms with Crippen molar-refractivity contribution in [3.05, 3.63) is 29.8 Å². The number of carbonyl (C=O) groups excluding carboxylic acids is 2. The maximum Gasteiger partial charge on any atom is 0.248 e. The van der Waals surface area contributed by atoms with E-state index in [-0.39, 0.29) is 5.78 Å². The average Bonchev–Trinajstić information content (AvgIpc) is 2.28. The standard InChI is InChI=1S/C13H17NO3/c1-10(15)5-2-3-8-17-12-7-4-6-11(9-12)13(14)16/h4,6-7,9H,2-3,5,8H2,1H3,(H2,14,16). The molecule has 4 nitrogen and oxygen atoms in total. The first-order valence-corrected chi connectivity index (χ1v) is 5.61. The number of nitrogens with two attached hydrogens (primary N) is 1. The van der Waals surface area contributed by atoms with Crippen molar-refractivity contribution in [2.24, 2.45) is 5.73 Å². The van der Waals surface area contributed by atoms with Crippen molar-refractivity contribution in [2.75, 3.05) is 6.61 Å². The van der Waals surface area contributed by atoms with Gasteiger partial charge in [0.05, 0.1) is 6.61 Å². The number of hydrogen-bond donors (Lipinski definition) is 1. The molecule has 0 aliphatic carbocycles. The number of carbonyl (C=O) groups is 2. The van der Waals surface area contributed by atoms with E-state index in [1.807, 2.05) is 0 Å². The van der Waals surface area contributed by atoms with E-state index in [0.717, 1.165) is 12.8 Å². The smallest absolute Gasteiger partial charge is 0.248 e. The van der Waals surface area contributed by atoms with Crippen LogP contribution in [0.3, 0.4) is 0 Å². The van der Waals surface area contributed by atoms with Crippen molar-refractivity contribution >= 4 is 11.7 Å². The predicted molar refractivity (Wildman–Crippen MR) is 65.0 cm³/mol. The maximum absolute atomic E-state index is 10.9. The molecular formula is C13H17NO3. The molecule has 0 unspecified atom stereocenters. The number of primary amides is 1. The summed E-state index contributed by atoms with van der Waals surface area (Å²) in [5.74, 6) is 0.358. The van der Waals surface area contributed by atoms with Gasteiger partial charge in [0.15, 0.2) is 0 Å². The Hall–Kier alpha value is -1.84. The van der Waals surface area contributed by atoms with Crippen LogP contribution in [0, 0.1) is 0 Å². The summed E-state index contributed by atoms with van der Waals surface area (Å²) in [7, 11) is 0. The van der Waals surface area contributed by atoms with E-state index in [0.29, 0.717) is 24.3 Å². The number of rotatable bonds is 7. The molecule has 92 valence electrons. The molecule has 0 atom stereocenters. The van der Waals surface area contributed by atoms with Gasteiger partial charge in [-0.2, -0.15) is 0 Å². The summed E-state index contributed by atoms with van der Waals surface area (Å²) in [5, 5.41) is 0. The van der Waals surface area contributed by atoms with E-state index in [2.05, 4.69) is 0 Å². The van der Waals surface area contributed by atoms with Crippen molar-refractivity contribution in [2.45, 2.75) is 26.2 Å². The number of ketones is 1. The first kappa shape index (κ1) is 13.2. The van der Waals surface area contributed by atoms with Crippen LogP contribution < -0.4 is 10.5 Å². The lowest BCUT2D eigenvalue weighted by Gasteiger charge is -2.06. The molecular weight excluding hydrogens is 218 g/mol. The number of hydrogen-bond acceptors (Lipinski definition) is 3. The van der Waals surface area contributed by atoms with Gasteiger partial charge in [-0.1, -0.05) is 6.07 Å². The van der Waals surface area contributed by atoms with Crippen LogP contribution in [0.15, 0.2) is 24.3 Å². The normalized spacial score (nSPS) is 9.94. The van der Waals surface area contributed by atoms with E-state index >= 15 is 0 Å². The SMILES string of the molecule is CC(=O)CCCCOc1cccc(C(N)=O)c1. The molecule has 0 aliphatic heterocycles. The number of unbranched alkanes of at least 4 members (excludes halogenated alkanes) is 1. The Morgan fingerprint density at radius 1 is 1.29 bits per heavy atom. The minimum absolute atomic E-state index is 0.195. The van der Waals surface area contributed by atoms with Crippen LogP contribution in [0.5, 0.6) is 5.75 Å². The first-order valence-electron chi connectivity index (χ1n) is 5.61. The molecule has 0 aliphatic rings. The molecule has 1 amide bonds. The molecule has 1 rings (SSSR count). The third-order valence-corrected chi connectivity index (χ3v) is 2.31. The molecule has 2 N–H and O–H groups in total. The third-order valence-electron chi connectivity index (χ3n) is 2.31. The highest BCUT2D eigenvalue weighted by Gasteiger charge is 2.01. The second kappa shape index (κ2) is 6.68. The first-order chi connectivity index (χ1) is 8.09. The van der Waals surface area contributed by atoms with E-state index < -0.39 is 5.91 Å². The molecule has 0 fully saturated rings. The molecule has 0 saturated heterocycles. The summed E-state index contributed by atoms with van der Waals surface area (Å²) in [5.41, 5.74) is 5.60. The quantitative estimate of drug-likeness (QED) is 0.734. The molecule has 1 aromatic rings. The zero-order chi connectivity index (χ0) is 12.7. The zero-order valence-corrected chi connectivity index (χ0v) is 9.94. The Labute approximate surface area is 101 Å². The molecule has 17 heavy (non-hydrogen) atoms. The van der Waals surface area contributed by atoms with Crippen molar-refractivity contribution in [3.8, 4) is 5.75 Å². The Morgan fingerprint density at radius 3 is 2.71 bits per heavy atom. The minimum atomic E-state index is -0.466. The van der Waals surface area contributed by atoms with Crippen LogP contribution in [-0.2, 0) is 4.79 Å². The van der Waals surface area contributed by atoms with Gasteiger partial charge in [0, 0.05) is 12.0 Å². The Kier molecular flexibility index (Phi) is 5.20. The van der Waals surface area contributed by atoms with Crippen molar-refractivity contribution < 1.29 is 14.3 Å². The van der Waals surface area contributed by atoms with Crippen LogP contribution in [0.2, 0.25) is 0 Å². The molecule has 1 aromatic carbocycles. The van der Waals surface area contributed by atoms with Gasteiger partial charge in [-0.05, 0) is 38.0 Å². The van der Waals surface area contributed by atoms with E-state index in [1.165, 1.54) is 0 Å². The van der Waals surface area contributed by atoms with Crippen molar-refractivity contribution in [1.82, 2.24) is 0 Å². The molecule has 0 heterocycles. The van der Waals surface area contributed by atoms with Crippen LogP contribution in [-0.4, -0.2) is 18.3 Å². The summed E-state index contributed by atoms with van der Waals surface area (Å²) < 4.78 is 5.46. The summed E-state index contributed by atoms with van der Waals surface area (Å²) >= 11 is 0. The van der Waals surface area contributed by atoms with Gasteiger partial charge in [-0.3, -0.25) is 4.79 Å². The monoisotopic (exact) mass is 235 g/mol. The average molecular weight is 235 g/mol. The van der Waals surface area contributed by atoms with Gasteiger partial charge < -0.3 is 15.3 Å². The van der Waals surface area contributed by atoms with Gasteiger partial charge >= 0.3 is 0 Å². The molecule has 0 radical (unpaired) electrons. The fourth-order valence-electron chi connectivity index (χ4n) is 1.41. The molecule has 4 heteroatoms. The summed E-state index contributed by atoms with van der Waals surface area (Å²) in [6.07, 6.45) is 2.23. The van der Waals surface area contributed by atoms with Gasteiger partial charge in [0.1, 0.15) is 11.5 Å². The van der Waals surface area contributed by atoms with Crippen LogP contribution in [0.4, 0.5) is 0 Å². The highest BCUT2D eigenvalue weighted by atomic mass is 16.5. The Balaban J connectivity index is 2.34. The van der Waals surface area contributed by atoms with Gasteiger partial charge in [-0.25, -0.2) is 0 Å². The number of benzene rings is 1. The fraction of sp³-hybridized carbons (Fsp3) is 0.385. The molecule has 0 bridgehead atoms. The highest BCUT2D eigenvalue weighted by Crippen LogP contribution is 2.13. The fourth-order valence-corrected chi connectivity index (χ4v) is 1.41. The number of Topliss-reactive ketones (excluding diaryl/α,β-unsaturated/α-hetero) is 1. The molecule has 0 saturated carbocycles. The van der Waals surface area contributed by atoms with Crippen molar-refractivity contribution in [3.63, 3.8) is 0 Å². The summed E-state index contributed by atoms with van der Waals surface area (Å²) in [4.78, 5) is 21.6. The van der Waals surface area contributed by atoms with E-state index in [9.17, 15) is 9.59 Å². The topological polar surface area (TPSA) is 69.4 Å². The summed E-state index contributed by atoms with van der Waals surface area (Å²) in [6.45, 7) is 2.12. The largest absolute Gasteiger partial charge is 0.494 e. The number of amides is 1. The van der Waals surface area contributed by atoms with Crippen LogP contribution >= 0.6 is 0 Å². The zero-order valence-electron chi connectivity index (χ0n) is 9.94. The van der Waals surface area contributed by atoms with Crippen molar-refractivity contribution in [1.29, 1.82) is 0 Å². The highest BCUT2D eigenvalue weighted by molar-refractivity contribution is 5.93. The second-order valence-electron chi connectivity index (χ2n) is 3.90. The minimum Gasteiger partial charge on any atom is -0.494 e. The molecule has 0 spiro atoms. The third kappa shape index (κ3) is 5.15. The van der Waals surface area contributed by atoms with E-state index in [4.69, 9.17) is 10.5 Å². The lowest BCUT2D eigenvalue weighted by molar-refractivity contribution is -0.117. The van der Waals surface area contributed by atoms with Gasteiger partial charge in [0.2, 0.25) is 5.91 Å². The molecule has 0 aromatic heterocycles. The van der Waals surface area contributed by atoms with E-state index in [1.54, 1.807) is 31.2 Å². The second-order valence-corrected chi connectivity index (χ2v) is 3.90. The van der Waals surface area contributed by atoms with Crippen LogP contribution in [0.25, 0.3) is 0 Å².